The molecule has 1 saturated heterocycles. The van der Waals surface area contributed by atoms with Gasteiger partial charge in [-0.3, -0.25) is 9.59 Å². The summed E-state index contributed by atoms with van der Waals surface area (Å²) in [6.45, 7) is 6.97. The van der Waals surface area contributed by atoms with E-state index in [-0.39, 0.29) is 29.9 Å². The van der Waals surface area contributed by atoms with Crippen molar-refractivity contribution in [2.24, 2.45) is 5.41 Å². The van der Waals surface area contributed by atoms with Crippen LogP contribution in [0.1, 0.15) is 56.2 Å². The summed E-state index contributed by atoms with van der Waals surface area (Å²) >= 11 is 0. The molecule has 29 heavy (non-hydrogen) atoms. The number of carbonyl (C=O) groups is 2. The number of hydrogen-bond acceptors (Lipinski definition) is 4. The van der Waals surface area contributed by atoms with E-state index in [4.69, 9.17) is 9.15 Å². The van der Waals surface area contributed by atoms with Gasteiger partial charge >= 0.3 is 0 Å². The van der Waals surface area contributed by atoms with E-state index in [2.05, 4.69) is 19.2 Å². The first-order chi connectivity index (χ1) is 13.8. The van der Waals surface area contributed by atoms with Crippen LogP contribution in [-0.2, 0) is 16.0 Å². The van der Waals surface area contributed by atoms with Crippen LogP contribution in [0.4, 0.5) is 5.69 Å². The summed E-state index contributed by atoms with van der Waals surface area (Å²) in [5.74, 6) is 2.39. The van der Waals surface area contributed by atoms with Gasteiger partial charge in [0, 0.05) is 36.7 Å². The molecule has 0 saturated carbocycles. The molecule has 6 heteroatoms. The molecule has 2 aliphatic rings. The summed E-state index contributed by atoms with van der Waals surface area (Å²) in [4.78, 5) is 26.3. The minimum absolute atomic E-state index is 0.0622. The molecule has 1 aromatic carbocycles. The summed E-state index contributed by atoms with van der Waals surface area (Å²) in [6, 6.07) is 9.31. The second-order valence-corrected chi connectivity index (χ2v) is 8.84. The summed E-state index contributed by atoms with van der Waals surface area (Å²) < 4.78 is 11.6. The lowest BCUT2D eigenvalue weighted by Gasteiger charge is -2.34. The lowest BCUT2D eigenvalue weighted by atomic mass is 9.74. The first kappa shape index (κ1) is 19.6. The van der Waals surface area contributed by atoms with Gasteiger partial charge in [-0.25, -0.2) is 0 Å². The number of rotatable bonds is 5. The topological polar surface area (TPSA) is 71.8 Å². The van der Waals surface area contributed by atoms with Crippen LogP contribution in [0.5, 0.6) is 5.75 Å². The van der Waals surface area contributed by atoms with Crippen molar-refractivity contribution >= 4 is 17.5 Å². The Labute approximate surface area is 171 Å². The number of aryl methyl sites for hydroxylation is 1. The molecular weight excluding hydrogens is 368 g/mol. The number of ether oxygens (including phenoxy) is 1. The van der Waals surface area contributed by atoms with Crippen LogP contribution in [0.3, 0.4) is 0 Å². The molecule has 1 N–H and O–H groups in total. The number of nitrogens with one attached hydrogen (secondary N) is 1. The van der Waals surface area contributed by atoms with Gasteiger partial charge < -0.3 is 19.4 Å². The highest BCUT2D eigenvalue weighted by Gasteiger charge is 2.35. The number of benzene rings is 1. The Kier molecular flexibility index (Phi) is 5.11. The number of hydrogen-bond donors (Lipinski definition) is 1. The monoisotopic (exact) mass is 396 g/mol. The largest absolute Gasteiger partial charge is 0.484 e. The third-order valence-electron chi connectivity index (χ3n) is 5.64. The second-order valence-electron chi connectivity index (χ2n) is 8.84. The van der Waals surface area contributed by atoms with Gasteiger partial charge in [0.1, 0.15) is 17.3 Å². The maximum Gasteiger partial charge on any atom is 0.258 e. The maximum atomic E-state index is 12.6. The van der Waals surface area contributed by atoms with Crippen LogP contribution in [0.25, 0.3) is 0 Å². The molecule has 0 radical (unpaired) electrons. The maximum absolute atomic E-state index is 12.6. The Morgan fingerprint density at radius 1 is 1.34 bits per heavy atom. The third-order valence-corrected chi connectivity index (χ3v) is 5.64. The minimum atomic E-state index is -0.167. The van der Waals surface area contributed by atoms with E-state index >= 15 is 0 Å². The Bertz CT molecular complexity index is 931. The standard InChI is InChI=1S/C23H28N2O4/c1-15-10-18-19(12-23(2,3)13-20(18)29-15)24-21(26)14-28-17-7-4-6-16(11-17)25-9-5-8-22(25)27/h4,6-7,10-11,19H,5,8-9,12-14H2,1-3H3,(H,24,26). The molecule has 1 aromatic heterocycles. The van der Waals surface area contributed by atoms with Gasteiger partial charge in [-0.2, -0.15) is 0 Å². The van der Waals surface area contributed by atoms with E-state index < -0.39 is 0 Å². The number of carbonyl (C=O) groups excluding carboxylic acids is 2. The molecule has 154 valence electrons. The number of amides is 2. The zero-order chi connectivity index (χ0) is 20.6. The van der Waals surface area contributed by atoms with Crippen molar-refractivity contribution < 1.29 is 18.7 Å². The molecular formula is C23H28N2O4. The molecule has 4 rings (SSSR count). The molecule has 2 aromatic rings. The number of fused-ring (bicyclic) bond motifs is 1. The molecule has 2 amide bonds. The fraction of sp³-hybridized carbons (Fsp3) is 0.478. The van der Waals surface area contributed by atoms with Gasteiger partial charge in [-0.15, -0.1) is 0 Å². The van der Waals surface area contributed by atoms with Gasteiger partial charge in [0.15, 0.2) is 6.61 Å². The van der Waals surface area contributed by atoms with Gasteiger partial charge in [0.05, 0.1) is 6.04 Å². The van der Waals surface area contributed by atoms with Gasteiger partial charge in [-0.05, 0) is 43.4 Å². The molecule has 0 spiro atoms. The summed E-state index contributed by atoms with van der Waals surface area (Å²) in [5, 5.41) is 3.10. The van der Waals surface area contributed by atoms with Crippen molar-refractivity contribution in [1.29, 1.82) is 0 Å². The highest BCUT2D eigenvalue weighted by molar-refractivity contribution is 5.95. The van der Waals surface area contributed by atoms with Crippen molar-refractivity contribution in [2.75, 3.05) is 18.1 Å². The van der Waals surface area contributed by atoms with Crippen LogP contribution < -0.4 is 15.0 Å². The SMILES string of the molecule is Cc1cc2c(o1)CC(C)(C)CC2NC(=O)COc1cccc(N2CCCC2=O)c1. The molecule has 2 heterocycles. The summed E-state index contributed by atoms with van der Waals surface area (Å²) in [5.41, 5.74) is 1.95. The van der Waals surface area contributed by atoms with Gasteiger partial charge in [0.25, 0.3) is 5.91 Å². The molecule has 1 unspecified atom stereocenters. The van der Waals surface area contributed by atoms with E-state index in [9.17, 15) is 9.59 Å². The fourth-order valence-electron chi connectivity index (χ4n) is 4.36. The Hall–Kier alpha value is -2.76. The molecule has 6 nitrogen and oxygen atoms in total. The van der Waals surface area contributed by atoms with Crippen LogP contribution in [0, 0.1) is 12.3 Å². The Morgan fingerprint density at radius 2 is 2.17 bits per heavy atom. The van der Waals surface area contributed by atoms with Gasteiger partial charge in [-0.1, -0.05) is 19.9 Å². The van der Waals surface area contributed by atoms with E-state index in [1.165, 1.54) is 0 Å². The predicted octanol–water partition coefficient (Wildman–Crippen LogP) is 3.92. The van der Waals surface area contributed by atoms with Crippen molar-refractivity contribution in [2.45, 2.75) is 52.5 Å². The molecule has 1 atom stereocenters. The molecule has 1 aliphatic carbocycles. The Balaban J connectivity index is 1.39. The second kappa shape index (κ2) is 7.58. The molecule has 1 aliphatic heterocycles. The highest BCUT2D eigenvalue weighted by atomic mass is 16.5. The zero-order valence-corrected chi connectivity index (χ0v) is 17.3. The van der Waals surface area contributed by atoms with Crippen LogP contribution in [0.2, 0.25) is 0 Å². The average molecular weight is 396 g/mol. The van der Waals surface area contributed by atoms with E-state index in [0.29, 0.717) is 12.2 Å². The quantitative estimate of drug-likeness (QED) is 0.831. The number of furan rings is 1. The van der Waals surface area contributed by atoms with Gasteiger partial charge in [0.2, 0.25) is 5.91 Å². The average Bonchev–Trinajstić information content (AvgIpc) is 3.24. The first-order valence-corrected chi connectivity index (χ1v) is 10.2. The lowest BCUT2D eigenvalue weighted by Crippen LogP contribution is -2.38. The fourth-order valence-corrected chi connectivity index (χ4v) is 4.36. The third kappa shape index (κ3) is 4.31. The van der Waals surface area contributed by atoms with Crippen molar-refractivity contribution in [3.05, 3.63) is 47.4 Å². The first-order valence-electron chi connectivity index (χ1n) is 10.2. The van der Waals surface area contributed by atoms with Crippen LogP contribution in [-0.4, -0.2) is 25.0 Å². The highest BCUT2D eigenvalue weighted by Crippen LogP contribution is 2.42. The van der Waals surface area contributed by atoms with E-state index in [0.717, 1.165) is 48.6 Å². The smallest absolute Gasteiger partial charge is 0.258 e. The molecule has 1 fully saturated rings. The van der Waals surface area contributed by atoms with Crippen molar-refractivity contribution in [3.8, 4) is 5.75 Å². The predicted molar refractivity (Wildman–Crippen MR) is 110 cm³/mol. The molecule has 0 bridgehead atoms. The summed E-state index contributed by atoms with van der Waals surface area (Å²) in [7, 11) is 0. The van der Waals surface area contributed by atoms with Crippen molar-refractivity contribution in [3.63, 3.8) is 0 Å². The lowest BCUT2D eigenvalue weighted by molar-refractivity contribution is -0.124. The van der Waals surface area contributed by atoms with Crippen LogP contribution in [0.15, 0.2) is 34.7 Å². The van der Waals surface area contributed by atoms with E-state index in [1.54, 1.807) is 11.0 Å². The number of anilines is 1. The summed E-state index contributed by atoms with van der Waals surface area (Å²) in [6.07, 6.45) is 3.19. The van der Waals surface area contributed by atoms with E-state index in [1.807, 2.05) is 31.2 Å². The van der Waals surface area contributed by atoms with Crippen molar-refractivity contribution in [1.82, 2.24) is 5.32 Å². The number of nitrogens with zero attached hydrogens (tertiary/aromatic N) is 1. The normalized spacial score (nSPS) is 20.4. The van der Waals surface area contributed by atoms with Crippen LogP contribution >= 0.6 is 0 Å². The zero-order valence-electron chi connectivity index (χ0n) is 17.3. The minimum Gasteiger partial charge on any atom is -0.484 e. The Morgan fingerprint density at radius 3 is 2.93 bits per heavy atom.